The topological polar surface area (TPSA) is 32.3 Å². The first kappa shape index (κ1) is 13.3. The van der Waals surface area contributed by atoms with Gasteiger partial charge < -0.3 is 10.4 Å². The van der Waals surface area contributed by atoms with Crippen LogP contribution in [0.3, 0.4) is 0 Å². The van der Waals surface area contributed by atoms with Gasteiger partial charge in [0.15, 0.2) is 0 Å². The summed E-state index contributed by atoms with van der Waals surface area (Å²) >= 11 is 9.38. The Morgan fingerprint density at radius 3 is 2.65 bits per heavy atom. The molecule has 2 nitrogen and oxygen atoms in total. The van der Waals surface area contributed by atoms with Crippen LogP contribution in [0.15, 0.2) is 22.7 Å². The van der Waals surface area contributed by atoms with Crippen molar-refractivity contribution in [2.75, 3.05) is 6.61 Å². The van der Waals surface area contributed by atoms with E-state index in [1.807, 2.05) is 18.2 Å². The summed E-state index contributed by atoms with van der Waals surface area (Å²) in [6.07, 6.45) is 4.55. The number of benzene rings is 1. The molecule has 94 valence electrons. The fraction of sp³-hybridized carbons (Fsp3) is 0.538. The van der Waals surface area contributed by atoms with Crippen LogP contribution < -0.4 is 5.32 Å². The second kappa shape index (κ2) is 5.70. The summed E-state index contributed by atoms with van der Waals surface area (Å²) in [4.78, 5) is 0. The van der Waals surface area contributed by atoms with Crippen molar-refractivity contribution in [1.82, 2.24) is 5.32 Å². The molecule has 2 rings (SSSR count). The maximum absolute atomic E-state index is 9.50. The molecule has 0 amide bonds. The highest BCUT2D eigenvalue weighted by Crippen LogP contribution is 2.30. The monoisotopic (exact) mass is 317 g/mol. The summed E-state index contributed by atoms with van der Waals surface area (Å²) in [6, 6.07) is 5.93. The highest BCUT2D eigenvalue weighted by Gasteiger charge is 2.32. The van der Waals surface area contributed by atoms with E-state index in [9.17, 15) is 5.11 Å². The van der Waals surface area contributed by atoms with Gasteiger partial charge in [-0.05, 0) is 46.5 Å². The molecule has 0 heterocycles. The minimum absolute atomic E-state index is 0.0634. The van der Waals surface area contributed by atoms with Gasteiger partial charge in [-0.25, -0.2) is 0 Å². The van der Waals surface area contributed by atoms with Crippen molar-refractivity contribution in [3.63, 3.8) is 0 Å². The van der Waals surface area contributed by atoms with E-state index in [1.54, 1.807) is 0 Å². The van der Waals surface area contributed by atoms with Gasteiger partial charge in [-0.1, -0.05) is 30.5 Å². The number of rotatable bonds is 4. The molecule has 1 fully saturated rings. The Balaban J connectivity index is 1.99. The maximum Gasteiger partial charge on any atom is 0.0613 e. The number of aliphatic hydroxyl groups is 1. The SMILES string of the molecule is OCC1(NCc2ccc(Cl)c(Br)c2)CCCC1. The first-order chi connectivity index (χ1) is 8.15. The molecular formula is C13H17BrClNO. The molecule has 0 aliphatic heterocycles. The molecule has 0 radical (unpaired) electrons. The summed E-state index contributed by atoms with van der Waals surface area (Å²) in [7, 11) is 0. The van der Waals surface area contributed by atoms with Crippen LogP contribution in [0.2, 0.25) is 5.02 Å². The van der Waals surface area contributed by atoms with Gasteiger partial charge in [-0.3, -0.25) is 0 Å². The van der Waals surface area contributed by atoms with Crippen molar-refractivity contribution < 1.29 is 5.11 Å². The zero-order valence-electron chi connectivity index (χ0n) is 9.68. The van der Waals surface area contributed by atoms with E-state index in [0.29, 0.717) is 0 Å². The minimum atomic E-state index is -0.0634. The van der Waals surface area contributed by atoms with Crippen LogP contribution in [0.25, 0.3) is 0 Å². The molecular weight excluding hydrogens is 302 g/mol. The van der Waals surface area contributed by atoms with E-state index in [2.05, 4.69) is 21.2 Å². The van der Waals surface area contributed by atoms with Gasteiger partial charge in [-0.2, -0.15) is 0 Å². The van der Waals surface area contributed by atoms with E-state index in [4.69, 9.17) is 11.6 Å². The summed E-state index contributed by atoms with van der Waals surface area (Å²) < 4.78 is 0.919. The lowest BCUT2D eigenvalue weighted by molar-refractivity contribution is 0.163. The minimum Gasteiger partial charge on any atom is -0.394 e. The molecule has 1 aromatic rings. The Morgan fingerprint density at radius 1 is 1.35 bits per heavy atom. The van der Waals surface area contributed by atoms with Crippen LogP contribution >= 0.6 is 27.5 Å². The molecule has 0 aromatic heterocycles. The Labute approximate surface area is 115 Å². The number of halogens is 2. The predicted octanol–water partition coefficient (Wildman–Crippen LogP) is 3.50. The molecule has 1 aliphatic carbocycles. The quantitative estimate of drug-likeness (QED) is 0.890. The van der Waals surface area contributed by atoms with Crippen molar-refractivity contribution in [2.24, 2.45) is 0 Å². The Hall–Kier alpha value is -0.0900. The molecule has 4 heteroatoms. The lowest BCUT2D eigenvalue weighted by Crippen LogP contribution is -2.45. The van der Waals surface area contributed by atoms with Crippen molar-refractivity contribution >= 4 is 27.5 Å². The van der Waals surface area contributed by atoms with Gasteiger partial charge >= 0.3 is 0 Å². The van der Waals surface area contributed by atoms with Crippen LogP contribution in [-0.2, 0) is 6.54 Å². The van der Waals surface area contributed by atoms with Gasteiger partial charge in [0.05, 0.1) is 11.6 Å². The smallest absolute Gasteiger partial charge is 0.0613 e. The average molecular weight is 319 g/mol. The average Bonchev–Trinajstić information content (AvgIpc) is 2.80. The predicted molar refractivity (Wildman–Crippen MR) is 74.3 cm³/mol. The largest absolute Gasteiger partial charge is 0.394 e. The third-order valence-electron chi connectivity index (χ3n) is 3.51. The van der Waals surface area contributed by atoms with E-state index < -0.39 is 0 Å². The molecule has 1 aliphatic rings. The van der Waals surface area contributed by atoms with Crippen LogP contribution in [0, 0.1) is 0 Å². The Kier molecular flexibility index (Phi) is 4.47. The van der Waals surface area contributed by atoms with E-state index in [1.165, 1.54) is 18.4 Å². The first-order valence-corrected chi connectivity index (χ1v) is 7.12. The van der Waals surface area contributed by atoms with Crippen molar-refractivity contribution in [3.05, 3.63) is 33.3 Å². The lowest BCUT2D eigenvalue weighted by Gasteiger charge is -2.28. The van der Waals surface area contributed by atoms with Gasteiger partial charge in [0.1, 0.15) is 0 Å². The molecule has 0 spiro atoms. The summed E-state index contributed by atoms with van der Waals surface area (Å²) in [5.74, 6) is 0. The molecule has 17 heavy (non-hydrogen) atoms. The lowest BCUT2D eigenvalue weighted by atomic mass is 9.98. The third-order valence-corrected chi connectivity index (χ3v) is 4.73. The molecule has 0 unspecified atom stereocenters. The highest BCUT2D eigenvalue weighted by atomic mass is 79.9. The third kappa shape index (κ3) is 3.22. The molecule has 0 atom stereocenters. The fourth-order valence-electron chi connectivity index (χ4n) is 2.38. The van der Waals surface area contributed by atoms with Gasteiger partial charge in [0.2, 0.25) is 0 Å². The number of aliphatic hydroxyl groups excluding tert-OH is 1. The van der Waals surface area contributed by atoms with Crippen LogP contribution in [0.5, 0.6) is 0 Å². The highest BCUT2D eigenvalue weighted by molar-refractivity contribution is 9.10. The second-order valence-corrected chi connectivity index (χ2v) is 6.01. The zero-order chi connectivity index (χ0) is 12.3. The van der Waals surface area contributed by atoms with E-state index in [0.717, 1.165) is 28.9 Å². The molecule has 0 saturated heterocycles. The van der Waals surface area contributed by atoms with Crippen molar-refractivity contribution in [1.29, 1.82) is 0 Å². The van der Waals surface area contributed by atoms with Crippen molar-refractivity contribution in [3.8, 4) is 0 Å². The summed E-state index contributed by atoms with van der Waals surface area (Å²) in [6.45, 7) is 0.998. The first-order valence-electron chi connectivity index (χ1n) is 5.95. The Morgan fingerprint density at radius 2 is 2.06 bits per heavy atom. The van der Waals surface area contributed by atoms with E-state index >= 15 is 0 Å². The molecule has 0 bridgehead atoms. The van der Waals surface area contributed by atoms with Gasteiger partial charge in [-0.15, -0.1) is 0 Å². The Bertz CT molecular complexity index is 391. The standard InChI is InChI=1S/C13H17BrClNO/c14-11-7-10(3-4-12(11)15)8-16-13(9-17)5-1-2-6-13/h3-4,7,16-17H,1-2,5-6,8-9H2. The van der Waals surface area contributed by atoms with E-state index in [-0.39, 0.29) is 12.1 Å². The molecule has 1 aromatic carbocycles. The molecule has 2 N–H and O–H groups in total. The summed E-state index contributed by atoms with van der Waals surface area (Å²) in [5.41, 5.74) is 1.12. The van der Waals surface area contributed by atoms with Gasteiger partial charge in [0.25, 0.3) is 0 Å². The molecule has 1 saturated carbocycles. The van der Waals surface area contributed by atoms with Crippen molar-refractivity contribution in [2.45, 2.75) is 37.8 Å². The van der Waals surface area contributed by atoms with Gasteiger partial charge in [0, 0.05) is 16.6 Å². The van der Waals surface area contributed by atoms with Crippen LogP contribution in [-0.4, -0.2) is 17.3 Å². The normalized spacial score (nSPS) is 18.5. The second-order valence-electron chi connectivity index (χ2n) is 4.75. The number of hydrogen-bond acceptors (Lipinski definition) is 2. The number of hydrogen-bond donors (Lipinski definition) is 2. The fourth-order valence-corrected chi connectivity index (χ4v) is 2.93. The zero-order valence-corrected chi connectivity index (χ0v) is 12.0. The van der Waals surface area contributed by atoms with Crippen LogP contribution in [0.4, 0.5) is 0 Å². The summed E-state index contributed by atoms with van der Waals surface area (Å²) in [5, 5.41) is 13.7. The maximum atomic E-state index is 9.50. The number of nitrogens with one attached hydrogen (secondary N) is 1. The van der Waals surface area contributed by atoms with Crippen LogP contribution in [0.1, 0.15) is 31.2 Å².